The molecule has 1 aliphatic rings. The SMILES string of the molecule is Cn1nc(-c2cc(C(F)(F)F)c(F)c(O)c2F)c2cnc(N3CCN(C(=O)C(F)(F)F)C[C@H]3Cc3ccccc3)nc21. The number of aromatic nitrogens is 4. The second-order valence-corrected chi connectivity index (χ2v) is 9.61. The van der Waals surface area contributed by atoms with Crippen molar-refractivity contribution in [2.45, 2.75) is 24.8 Å². The van der Waals surface area contributed by atoms with Crippen molar-refractivity contribution in [3.63, 3.8) is 0 Å². The molecule has 4 aromatic rings. The minimum atomic E-state index is -5.25. The molecular formula is C26H20F8N6O2. The van der Waals surface area contributed by atoms with Gasteiger partial charge in [-0.2, -0.15) is 36.4 Å². The lowest BCUT2D eigenvalue weighted by Gasteiger charge is -2.41. The van der Waals surface area contributed by atoms with E-state index < -0.39 is 58.5 Å². The van der Waals surface area contributed by atoms with Gasteiger partial charge in [-0.3, -0.25) is 4.79 Å². The number of hydrogen-bond donors (Lipinski definition) is 1. The highest BCUT2D eigenvalue weighted by Gasteiger charge is 2.45. The molecule has 16 heteroatoms. The number of amides is 1. The van der Waals surface area contributed by atoms with Gasteiger partial charge in [0.1, 0.15) is 5.69 Å². The number of nitrogens with zero attached hydrogens (tertiary/aromatic N) is 6. The topological polar surface area (TPSA) is 87.4 Å². The molecule has 0 saturated carbocycles. The highest BCUT2D eigenvalue weighted by atomic mass is 19.4. The third kappa shape index (κ3) is 5.27. The molecule has 0 spiro atoms. The molecule has 1 amide bonds. The first kappa shape index (κ1) is 29.0. The number of rotatable bonds is 4. The fraction of sp³-hybridized carbons (Fsp3) is 0.308. The van der Waals surface area contributed by atoms with Crippen LogP contribution in [-0.4, -0.2) is 67.5 Å². The van der Waals surface area contributed by atoms with Gasteiger partial charge in [0.25, 0.3) is 0 Å². The van der Waals surface area contributed by atoms with Crippen molar-refractivity contribution in [1.82, 2.24) is 24.6 Å². The Kier molecular flexibility index (Phi) is 7.18. The van der Waals surface area contributed by atoms with Crippen molar-refractivity contribution in [3.8, 4) is 17.0 Å². The molecule has 1 fully saturated rings. The van der Waals surface area contributed by atoms with Crippen LogP contribution >= 0.6 is 0 Å². The molecule has 1 N–H and O–H groups in total. The lowest BCUT2D eigenvalue weighted by atomic mass is 10.0. The van der Waals surface area contributed by atoms with Gasteiger partial charge in [0, 0.05) is 38.4 Å². The molecule has 0 unspecified atom stereocenters. The van der Waals surface area contributed by atoms with E-state index in [0.717, 1.165) is 16.4 Å². The maximum atomic E-state index is 14.8. The summed E-state index contributed by atoms with van der Waals surface area (Å²) in [5, 5.41) is 13.7. The molecular weight excluding hydrogens is 580 g/mol. The smallest absolute Gasteiger partial charge is 0.471 e. The summed E-state index contributed by atoms with van der Waals surface area (Å²) in [6.07, 6.45) is -8.95. The number of hydrogen-bond acceptors (Lipinski definition) is 6. The van der Waals surface area contributed by atoms with Gasteiger partial charge in [0.15, 0.2) is 23.0 Å². The Morgan fingerprint density at radius 1 is 1.05 bits per heavy atom. The van der Waals surface area contributed by atoms with Crippen LogP contribution in [0.15, 0.2) is 42.6 Å². The Morgan fingerprint density at radius 2 is 1.74 bits per heavy atom. The fourth-order valence-corrected chi connectivity index (χ4v) is 4.91. The summed E-state index contributed by atoms with van der Waals surface area (Å²) in [5.41, 5.74) is -2.37. The summed E-state index contributed by atoms with van der Waals surface area (Å²) in [4.78, 5) is 22.9. The van der Waals surface area contributed by atoms with E-state index in [9.17, 15) is 45.0 Å². The molecule has 222 valence electrons. The first-order chi connectivity index (χ1) is 19.7. The Morgan fingerprint density at radius 3 is 2.38 bits per heavy atom. The summed E-state index contributed by atoms with van der Waals surface area (Å²) in [6.45, 7) is -0.668. The lowest BCUT2D eigenvalue weighted by molar-refractivity contribution is -0.186. The number of benzene rings is 2. The van der Waals surface area contributed by atoms with Crippen molar-refractivity contribution < 1.29 is 45.0 Å². The average molecular weight is 600 g/mol. The van der Waals surface area contributed by atoms with Crippen molar-refractivity contribution >= 4 is 22.9 Å². The van der Waals surface area contributed by atoms with Crippen LogP contribution in [0, 0.1) is 11.6 Å². The maximum Gasteiger partial charge on any atom is 0.471 e. The third-order valence-corrected chi connectivity index (χ3v) is 6.89. The van der Waals surface area contributed by atoms with Gasteiger partial charge >= 0.3 is 18.3 Å². The van der Waals surface area contributed by atoms with Crippen molar-refractivity contribution in [2.24, 2.45) is 7.05 Å². The summed E-state index contributed by atoms with van der Waals surface area (Å²) < 4.78 is 109. The van der Waals surface area contributed by atoms with Crippen molar-refractivity contribution in [3.05, 3.63) is 65.4 Å². The Hall–Kier alpha value is -4.50. The fourth-order valence-electron chi connectivity index (χ4n) is 4.91. The van der Waals surface area contributed by atoms with E-state index in [1.807, 2.05) is 0 Å². The number of alkyl halides is 6. The number of aryl methyl sites for hydroxylation is 1. The minimum Gasteiger partial charge on any atom is -0.503 e. The van der Waals surface area contributed by atoms with Crippen molar-refractivity contribution in [1.29, 1.82) is 0 Å². The lowest BCUT2D eigenvalue weighted by Crippen LogP contribution is -2.58. The van der Waals surface area contributed by atoms with Gasteiger partial charge in [0.2, 0.25) is 5.95 Å². The Balaban J connectivity index is 1.55. The number of aromatic hydroxyl groups is 1. The third-order valence-electron chi connectivity index (χ3n) is 6.89. The molecule has 5 rings (SSSR count). The average Bonchev–Trinajstić information content (AvgIpc) is 3.26. The Labute approximate surface area is 231 Å². The van der Waals surface area contributed by atoms with E-state index in [0.29, 0.717) is 4.90 Å². The molecule has 2 aromatic heterocycles. The molecule has 0 aliphatic carbocycles. The quantitative estimate of drug-likeness (QED) is 0.337. The largest absolute Gasteiger partial charge is 0.503 e. The van der Waals surface area contributed by atoms with Crippen LogP contribution in [0.3, 0.4) is 0 Å². The summed E-state index contributed by atoms with van der Waals surface area (Å²) in [6, 6.07) is 8.28. The monoisotopic (exact) mass is 600 g/mol. The summed E-state index contributed by atoms with van der Waals surface area (Å²) >= 11 is 0. The van der Waals surface area contributed by atoms with E-state index in [1.54, 1.807) is 35.2 Å². The van der Waals surface area contributed by atoms with Crippen LogP contribution in [0.1, 0.15) is 11.1 Å². The maximum absolute atomic E-state index is 14.8. The molecule has 0 bridgehead atoms. The van der Waals surface area contributed by atoms with Crippen LogP contribution in [0.4, 0.5) is 41.1 Å². The van der Waals surface area contributed by atoms with E-state index in [4.69, 9.17) is 0 Å². The van der Waals surface area contributed by atoms with Gasteiger partial charge in [-0.25, -0.2) is 18.4 Å². The van der Waals surface area contributed by atoms with Gasteiger partial charge < -0.3 is 14.9 Å². The molecule has 8 nitrogen and oxygen atoms in total. The van der Waals surface area contributed by atoms with E-state index >= 15 is 0 Å². The molecule has 1 aliphatic heterocycles. The predicted molar refractivity (Wildman–Crippen MR) is 132 cm³/mol. The molecule has 1 saturated heterocycles. The first-order valence-corrected chi connectivity index (χ1v) is 12.3. The van der Waals surface area contributed by atoms with E-state index in [1.165, 1.54) is 7.05 Å². The number of halogens is 8. The predicted octanol–water partition coefficient (Wildman–Crippen LogP) is 4.86. The van der Waals surface area contributed by atoms with E-state index in [-0.39, 0.29) is 49.1 Å². The molecule has 1 atom stereocenters. The number of piperazine rings is 1. The highest BCUT2D eigenvalue weighted by molar-refractivity contribution is 5.92. The molecule has 0 radical (unpaired) electrons. The van der Waals surface area contributed by atoms with Gasteiger partial charge in [-0.1, -0.05) is 30.3 Å². The van der Waals surface area contributed by atoms with E-state index in [2.05, 4.69) is 15.1 Å². The summed E-state index contributed by atoms with van der Waals surface area (Å²) in [5.74, 6) is -7.62. The molecule has 2 aromatic carbocycles. The normalized spacial score (nSPS) is 16.4. The second-order valence-electron chi connectivity index (χ2n) is 9.61. The van der Waals surface area contributed by atoms with Crippen LogP contribution < -0.4 is 4.90 Å². The van der Waals surface area contributed by atoms with Crippen LogP contribution in [0.25, 0.3) is 22.3 Å². The highest BCUT2D eigenvalue weighted by Crippen LogP contribution is 2.41. The summed E-state index contributed by atoms with van der Waals surface area (Å²) in [7, 11) is 1.36. The zero-order valence-corrected chi connectivity index (χ0v) is 21.5. The zero-order valence-electron chi connectivity index (χ0n) is 21.5. The molecule has 42 heavy (non-hydrogen) atoms. The van der Waals surface area contributed by atoms with Crippen LogP contribution in [0.5, 0.6) is 5.75 Å². The van der Waals surface area contributed by atoms with Crippen LogP contribution in [0.2, 0.25) is 0 Å². The number of phenolic OH excluding ortho intramolecular Hbond substituents is 1. The number of carbonyl (C=O) groups is 1. The standard InChI is InChI=1S/C26H20F8N6O2/c1-38-22-16(20(37-38)15-10-17(25(29,30)31)19(28)21(41)18(15)27)11-35-24(36-22)40-8-7-39(23(42)26(32,33)34)12-14(40)9-13-5-3-2-4-6-13/h2-6,10-11,14,41H,7-9,12H2,1H3/t14-/m1/s1. The molecule has 3 heterocycles. The van der Waals surface area contributed by atoms with Crippen molar-refractivity contribution in [2.75, 3.05) is 24.5 Å². The second kappa shape index (κ2) is 10.4. The number of carbonyl (C=O) groups excluding carboxylic acids is 1. The first-order valence-electron chi connectivity index (χ1n) is 12.3. The van der Waals surface area contributed by atoms with Gasteiger partial charge in [-0.15, -0.1) is 0 Å². The van der Waals surface area contributed by atoms with Gasteiger partial charge in [0.05, 0.1) is 17.0 Å². The number of fused-ring (bicyclic) bond motifs is 1. The minimum absolute atomic E-state index is 0.0130. The number of phenols is 1. The zero-order chi connectivity index (χ0) is 30.6. The van der Waals surface area contributed by atoms with Gasteiger partial charge in [-0.05, 0) is 18.1 Å². The number of anilines is 1. The van der Waals surface area contributed by atoms with Crippen LogP contribution in [-0.2, 0) is 24.4 Å². The Bertz CT molecular complexity index is 1660.